The number of phenolic OH excluding ortho intramolecular Hbond substituents is 1. The third kappa shape index (κ3) is 3.43. The average Bonchev–Trinajstić information content (AvgIpc) is 2.18. The summed E-state index contributed by atoms with van der Waals surface area (Å²) in [7, 11) is 0. The van der Waals surface area contributed by atoms with Gasteiger partial charge in [-0.1, -0.05) is 0 Å². The van der Waals surface area contributed by atoms with Crippen LogP contribution in [-0.2, 0) is 6.42 Å². The van der Waals surface area contributed by atoms with E-state index >= 15 is 0 Å². The van der Waals surface area contributed by atoms with Gasteiger partial charge < -0.3 is 9.84 Å². The standard InChI is InChI=1S/C10H9F2NO2/c11-10(12)15-9-4-3-8(14)6-7(9)2-1-5-13/h3-4,6,10,14H,1-2H2. The lowest BCUT2D eigenvalue weighted by Gasteiger charge is -2.09. The normalized spacial score (nSPS) is 10.0. The highest BCUT2D eigenvalue weighted by molar-refractivity contribution is 5.40. The van der Waals surface area contributed by atoms with Crippen LogP contribution in [0.4, 0.5) is 8.78 Å². The molecule has 0 aliphatic carbocycles. The second-order valence-electron chi connectivity index (χ2n) is 2.83. The molecule has 80 valence electrons. The monoisotopic (exact) mass is 213 g/mol. The Bertz CT molecular complexity index is 374. The first kappa shape index (κ1) is 11.2. The van der Waals surface area contributed by atoms with E-state index in [1.807, 2.05) is 6.07 Å². The number of aromatic hydroxyl groups is 1. The van der Waals surface area contributed by atoms with Gasteiger partial charge in [-0.25, -0.2) is 0 Å². The van der Waals surface area contributed by atoms with Gasteiger partial charge in [-0.15, -0.1) is 0 Å². The van der Waals surface area contributed by atoms with E-state index in [4.69, 9.17) is 10.4 Å². The molecule has 0 atom stereocenters. The minimum Gasteiger partial charge on any atom is -0.508 e. The Kier molecular flexibility index (Phi) is 3.86. The summed E-state index contributed by atoms with van der Waals surface area (Å²) >= 11 is 0. The molecule has 1 aromatic rings. The molecule has 0 heterocycles. The van der Waals surface area contributed by atoms with E-state index in [-0.39, 0.29) is 24.3 Å². The summed E-state index contributed by atoms with van der Waals surface area (Å²) in [5, 5.41) is 17.5. The Labute approximate surface area is 85.5 Å². The van der Waals surface area contributed by atoms with Gasteiger partial charge in [0.25, 0.3) is 0 Å². The summed E-state index contributed by atoms with van der Waals surface area (Å²) < 4.78 is 28.2. The molecule has 1 rings (SSSR count). The molecule has 0 saturated heterocycles. The Balaban J connectivity index is 2.88. The zero-order valence-corrected chi connectivity index (χ0v) is 7.78. The van der Waals surface area contributed by atoms with Gasteiger partial charge >= 0.3 is 6.61 Å². The van der Waals surface area contributed by atoms with E-state index in [0.29, 0.717) is 5.56 Å². The van der Waals surface area contributed by atoms with Crippen LogP contribution in [0.5, 0.6) is 11.5 Å². The first-order valence-corrected chi connectivity index (χ1v) is 4.27. The minimum atomic E-state index is -2.91. The van der Waals surface area contributed by atoms with E-state index in [9.17, 15) is 8.78 Å². The highest BCUT2D eigenvalue weighted by atomic mass is 19.3. The van der Waals surface area contributed by atoms with Crippen molar-refractivity contribution in [3.05, 3.63) is 23.8 Å². The van der Waals surface area contributed by atoms with E-state index < -0.39 is 6.61 Å². The lowest BCUT2D eigenvalue weighted by molar-refractivity contribution is -0.0504. The summed E-state index contributed by atoms with van der Waals surface area (Å²) in [6.45, 7) is -2.91. The van der Waals surface area contributed by atoms with Crippen molar-refractivity contribution in [3.8, 4) is 17.6 Å². The van der Waals surface area contributed by atoms with Crippen LogP contribution >= 0.6 is 0 Å². The molecule has 15 heavy (non-hydrogen) atoms. The Hall–Kier alpha value is -1.83. The Morgan fingerprint density at radius 3 is 2.80 bits per heavy atom. The van der Waals surface area contributed by atoms with Crippen molar-refractivity contribution in [2.45, 2.75) is 19.5 Å². The molecule has 0 bridgehead atoms. The van der Waals surface area contributed by atoms with E-state index in [2.05, 4.69) is 4.74 Å². The van der Waals surface area contributed by atoms with Crippen LogP contribution in [0.25, 0.3) is 0 Å². The maximum Gasteiger partial charge on any atom is 0.387 e. The largest absolute Gasteiger partial charge is 0.508 e. The van der Waals surface area contributed by atoms with Gasteiger partial charge in [0.15, 0.2) is 0 Å². The molecule has 0 unspecified atom stereocenters. The van der Waals surface area contributed by atoms with Crippen molar-refractivity contribution >= 4 is 0 Å². The molecule has 0 aliphatic rings. The van der Waals surface area contributed by atoms with E-state index in [0.717, 1.165) is 0 Å². The van der Waals surface area contributed by atoms with Crippen molar-refractivity contribution in [3.63, 3.8) is 0 Å². The van der Waals surface area contributed by atoms with Crippen molar-refractivity contribution < 1.29 is 18.6 Å². The fourth-order valence-corrected chi connectivity index (χ4v) is 1.16. The van der Waals surface area contributed by atoms with Crippen molar-refractivity contribution in [2.75, 3.05) is 0 Å². The topological polar surface area (TPSA) is 53.2 Å². The fourth-order valence-electron chi connectivity index (χ4n) is 1.16. The SMILES string of the molecule is N#CCCc1cc(O)ccc1OC(F)F. The number of nitrogens with zero attached hydrogens (tertiary/aromatic N) is 1. The number of ether oxygens (including phenoxy) is 1. The maximum atomic E-state index is 12.0. The predicted molar refractivity (Wildman–Crippen MR) is 48.7 cm³/mol. The van der Waals surface area contributed by atoms with Gasteiger partial charge in [0.05, 0.1) is 6.07 Å². The number of benzene rings is 1. The summed E-state index contributed by atoms with van der Waals surface area (Å²) in [5.74, 6) is -0.0393. The molecule has 0 aromatic heterocycles. The van der Waals surface area contributed by atoms with Gasteiger partial charge in [-0.2, -0.15) is 14.0 Å². The van der Waals surface area contributed by atoms with Gasteiger partial charge in [0, 0.05) is 6.42 Å². The molecule has 1 N–H and O–H groups in total. The number of nitriles is 1. The van der Waals surface area contributed by atoms with Crippen molar-refractivity contribution in [2.24, 2.45) is 0 Å². The second kappa shape index (κ2) is 5.15. The number of hydrogen-bond donors (Lipinski definition) is 1. The van der Waals surface area contributed by atoms with Crippen molar-refractivity contribution in [1.29, 1.82) is 5.26 Å². The zero-order valence-electron chi connectivity index (χ0n) is 7.78. The number of hydrogen-bond acceptors (Lipinski definition) is 3. The maximum absolute atomic E-state index is 12.0. The lowest BCUT2D eigenvalue weighted by Crippen LogP contribution is -2.04. The average molecular weight is 213 g/mol. The molecular weight excluding hydrogens is 204 g/mol. The third-order valence-corrected chi connectivity index (χ3v) is 1.77. The molecule has 5 heteroatoms. The molecule has 0 radical (unpaired) electrons. The van der Waals surface area contributed by atoms with Gasteiger partial charge in [-0.05, 0) is 30.2 Å². The first-order valence-electron chi connectivity index (χ1n) is 4.27. The summed E-state index contributed by atoms with van der Waals surface area (Å²) in [6.07, 6.45) is 0.454. The quantitative estimate of drug-likeness (QED) is 0.835. The molecule has 1 aromatic carbocycles. The smallest absolute Gasteiger partial charge is 0.387 e. The summed E-state index contributed by atoms with van der Waals surface area (Å²) in [6, 6.07) is 5.72. The minimum absolute atomic E-state index is 0.00181. The lowest BCUT2D eigenvalue weighted by atomic mass is 10.1. The Morgan fingerprint density at radius 2 is 2.20 bits per heavy atom. The highest BCUT2D eigenvalue weighted by Crippen LogP contribution is 2.26. The van der Waals surface area contributed by atoms with Crippen LogP contribution in [-0.4, -0.2) is 11.7 Å². The Morgan fingerprint density at radius 1 is 1.47 bits per heavy atom. The zero-order chi connectivity index (χ0) is 11.3. The molecule has 0 spiro atoms. The van der Waals surface area contributed by atoms with E-state index in [1.165, 1.54) is 18.2 Å². The van der Waals surface area contributed by atoms with Crippen LogP contribution in [0, 0.1) is 11.3 Å². The molecule has 0 aliphatic heterocycles. The first-order chi connectivity index (χ1) is 7.13. The fraction of sp³-hybridized carbons (Fsp3) is 0.300. The molecule has 0 amide bonds. The van der Waals surface area contributed by atoms with Crippen LogP contribution < -0.4 is 4.74 Å². The third-order valence-electron chi connectivity index (χ3n) is 1.77. The second-order valence-corrected chi connectivity index (χ2v) is 2.83. The highest BCUT2D eigenvalue weighted by Gasteiger charge is 2.09. The number of halogens is 2. The molecule has 0 fully saturated rings. The molecule has 0 saturated carbocycles. The van der Waals surface area contributed by atoms with Crippen LogP contribution in [0.2, 0.25) is 0 Å². The number of alkyl halides is 2. The number of aryl methyl sites for hydroxylation is 1. The predicted octanol–water partition coefficient (Wildman–Crippen LogP) is 2.45. The summed E-state index contributed by atoms with van der Waals surface area (Å²) in [5.41, 5.74) is 0.400. The van der Waals surface area contributed by atoms with Gasteiger partial charge in [-0.3, -0.25) is 0 Å². The van der Waals surface area contributed by atoms with Gasteiger partial charge in [0.2, 0.25) is 0 Å². The summed E-state index contributed by atoms with van der Waals surface area (Å²) in [4.78, 5) is 0. The van der Waals surface area contributed by atoms with Gasteiger partial charge in [0.1, 0.15) is 11.5 Å². The number of rotatable bonds is 4. The van der Waals surface area contributed by atoms with Crippen LogP contribution in [0.1, 0.15) is 12.0 Å². The number of phenols is 1. The van der Waals surface area contributed by atoms with Crippen LogP contribution in [0.15, 0.2) is 18.2 Å². The van der Waals surface area contributed by atoms with E-state index in [1.54, 1.807) is 0 Å². The van der Waals surface area contributed by atoms with Crippen LogP contribution in [0.3, 0.4) is 0 Å². The molecule has 3 nitrogen and oxygen atoms in total. The molecular formula is C10H9F2NO2. The van der Waals surface area contributed by atoms with Crippen molar-refractivity contribution in [1.82, 2.24) is 0 Å².